The Hall–Kier alpha value is -9.16. The van der Waals surface area contributed by atoms with E-state index < -0.39 is 5.82 Å². The van der Waals surface area contributed by atoms with E-state index in [0.29, 0.717) is 27.9 Å². The molecule has 89 heavy (non-hydrogen) atoms. The van der Waals surface area contributed by atoms with Crippen LogP contribution in [0.5, 0.6) is 0 Å². The number of furan rings is 2. The fraction of sp³-hybridized carbons (Fsp3) is 0. The average Bonchev–Trinajstić information content (AvgIpc) is 1.82. The predicted octanol–water partition coefficient (Wildman–Crippen LogP) is 16.8. The summed E-state index contributed by atoms with van der Waals surface area (Å²) in [4.78, 5) is 13.1. The first kappa shape index (κ1) is 64.3. The van der Waals surface area contributed by atoms with Crippen LogP contribution in [0.15, 0.2) is 214 Å². The Morgan fingerprint density at radius 2 is 0.843 bits per heavy atom. The molecule has 0 atom stereocenters. The van der Waals surface area contributed by atoms with Crippen LogP contribution < -0.4 is 39.2 Å². The molecule has 14 nitrogen and oxygen atoms in total. The van der Waals surface area contributed by atoms with E-state index in [2.05, 4.69) is 60.6 Å². The van der Waals surface area contributed by atoms with Crippen molar-refractivity contribution < 1.29 is 98.0 Å². The molecule has 446 valence electrons. The zero-order chi connectivity index (χ0) is 58.0. The first-order valence-electron chi connectivity index (χ1n) is 26.2. The third-order valence-corrected chi connectivity index (χ3v) is 14.8. The molecule has 16 rings (SSSR count). The maximum atomic E-state index is 15.4. The Morgan fingerprint density at radius 3 is 1.34 bits per heavy atom. The topological polar surface area (TPSA) is 147 Å². The number of hydrogen-bond acceptors (Lipinski definition) is 15. The first-order valence-corrected chi connectivity index (χ1v) is 27.0. The molecule has 0 aliphatic carbocycles. The average molecular weight is 1890 g/mol. The number of nitriles is 4. The van der Waals surface area contributed by atoms with E-state index in [9.17, 15) is 20.2 Å². The van der Waals surface area contributed by atoms with Crippen LogP contribution in [-0.4, -0.2) is 0 Å². The molecule has 0 fully saturated rings. The Labute approximate surface area is 569 Å². The Balaban J connectivity index is 0.000000140. The minimum Gasteiger partial charge on any atom is -0.589 e. The quantitative estimate of drug-likeness (QED) is 0.119. The van der Waals surface area contributed by atoms with E-state index in [1.54, 1.807) is 47.4 Å². The van der Waals surface area contributed by atoms with E-state index in [-0.39, 0.29) is 91.9 Å². The number of fused-ring (bicyclic) bond motifs is 8. The molecule has 4 radical (unpaired) electrons. The summed E-state index contributed by atoms with van der Waals surface area (Å²) < 4.78 is 40.1. The van der Waals surface area contributed by atoms with E-state index in [1.807, 2.05) is 192 Å². The van der Waals surface area contributed by atoms with E-state index in [1.165, 1.54) is 37.0 Å². The monoisotopic (exact) mass is 1900 g/mol. The van der Waals surface area contributed by atoms with Gasteiger partial charge >= 0.3 is 0 Å². The molecule has 4 aliphatic rings. The van der Waals surface area contributed by atoms with E-state index in [4.69, 9.17) is 14.1 Å². The number of anilines is 12. The summed E-state index contributed by atoms with van der Waals surface area (Å²) in [7, 11) is 0. The normalized spacial score (nSPS) is 12.7. The van der Waals surface area contributed by atoms with Crippen LogP contribution in [0.25, 0.3) is 44.0 Å². The van der Waals surface area contributed by atoms with Crippen molar-refractivity contribution in [3.63, 3.8) is 0 Å². The maximum absolute atomic E-state index is 15.4. The summed E-state index contributed by atoms with van der Waals surface area (Å²) in [5, 5.41) is 43.2. The van der Waals surface area contributed by atoms with Gasteiger partial charge in [0.05, 0.1) is 0 Å². The molecule has 4 aliphatic heterocycles. The van der Waals surface area contributed by atoms with Gasteiger partial charge in [-0.05, 0) is 71.4 Å². The van der Waals surface area contributed by atoms with Crippen LogP contribution in [0, 0.1) is 108 Å². The van der Waals surface area contributed by atoms with E-state index >= 15 is 4.39 Å². The molecule has 9 aromatic carbocycles. The van der Waals surface area contributed by atoms with Crippen LogP contribution in [0.4, 0.5) is 77.0 Å². The number of hydrogen-bond donors (Lipinski definition) is 0. The number of halogens is 2. The minimum absolute atomic E-state index is 0. The third-order valence-electron chi connectivity index (χ3n) is 14.2. The van der Waals surface area contributed by atoms with Crippen LogP contribution in [-0.2, 0) is 80.4 Å². The van der Waals surface area contributed by atoms with Crippen molar-refractivity contribution in [3.8, 4) is 35.9 Å². The minimum atomic E-state index is -0.423. The third kappa shape index (κ3) is 12.3. The number of thiophene rings is 1. The maximum Gasteiger partial charge on any atom is 0.153 e. The van der Waals surface area contributed by atoms with Crippen molar-refractivity contribution in [2.45, 2.75) is 0 Å². The second kappa shape index (κ2) is 28.3. The summed E-state index contributed by atoms with van der Waals surface area (Å²) in [5.74, 6) is -0.755. The molecule has 0 bridgehead atoms. The first-order chi connectivity index (χ1) is 41.8. The van der Waals surface area contributed by atoms with Gasteiger partial charge in [0.15, 0.2) is 24.8 Å². The molecular formula is C68H38F2Ir4N12O2S-8. The predicted molar refractivity (Wildman–Crippen MR) is 325 cm³/mol. The standard InChI is InChI=1S/C20H10FN3O.C20H13N3.C16H9N3O.C12H6FN3S.4Ir/c21-20-16(24-12-23(11-22)14-6-2-3-7-15(14)24)9-10-18-19(20)13-5-1-4-8-17(13)25-18;21-14-22-15-23(20-9-5-4-8-19(20)22)18-12-10-17(11-13-18)16-6-2-1-3-7-16;17-10-18-11-19(14-7-3-2-6-13(14)18)15-9-20-16-8-4-1-5-12(15)16;13-9-5-17-6-12(9)16-8-15(7-14)10-3-1-2-4-11(10)16;;;;/h1-8,10,12H;1-12,15H;1-8,11H;1-5,8H;;;;/q4*-2;;;;. The van der Waals surface area contributed by atoms with Crippen LogP contribution >= 0.6 is 11.3 Å². The van der Waals surface area contributed by atoms with Gasteiger partial charge in [-0.3, -0.25) is 20.1 Å². The van der Waals surface area contributed by atoms with Gasteiger partial charge in [0.1, 0.15) is 5.58 Å². The molecule has 0 saturated heterocycles. The molecule has 12 aromatic rings. The second-order valence-corrected chi connectivity index (χ2v) is 19.7. The van der Waals surface area contributed by atoms with Crippen molar-refractivity contribution in [2.24, 2.45) is 0 Å². The van der Waals surface area contributed by atoms with Gasteiger partial charge in [0, 0.05) is 149 Å². The van der Waals surface area contributed by atoms with Crippen molar-refractivity contribution in [3.05, 3.63) is 268 Å². The van der Waals surface area contributed by atoms with Crippen molar-refractivity contribution >= 4 is 112 Å². The summed E-state index contributed by atoms with van der Waals surface area (Å²) in [6.45, 7) is 6.66. The summed E-state index contributed by atoms with van der Waals surface area (Å²) >= 11 is 1.17. The van der Waals surface area contributed by atoms with Gasteiger partial charge in [0.2, 0.25) is 0 Å². The van der Waals surface area contributed by atoms with Gasteiger partial charge in [-0.25, -0.2) is 0 Å². The van der Waals surface area contributed by atoms with Gasteiger partial charge in [-0.15, -0.1) is 66.9 Å². The summed E-state index contributed by atoms with van der Waals surface area (Å²) in [6, 6.07) is 69.6. The molecule has 0 unspecified atom stereocenters. The molecule has 0 spiro atoms. The molecule has 7 heterocycles. The fourth-order valence-corrected chi connectivity index (χ4v) is 10.8. The number of para-hydroxylation sites is 10. The number of benzene rings is 9. The SMILES string of the molecule is N#CN1[CH-]N(c2[c-]cc(-c3ccccc3)cc2)c2ccccc21.N#CN1[CH-]N(c2[c-]cc3oc4ccccc4c3c2F)c2ccccc21.N#CN1[CH-]N(c2[c-]oc3ccccc23)c2ccccc21.N#CN1[CH-]N(c2[c-]scc2F)c2ccccc21.[Ir].[Ir].[Ir].[Ir]. The van der Waals surface area contributed by atoms with Gasteiger partial charge < -0.3 is 48.0 Å². The second-order valence-electron chi connectivity index (χ2n) is 19.0. The molecule has 0 amide bonds. The number of nitrogens with zero attached hydrogens (tertiary/aromatic N) is 12. The van der Waals surface area contributed by atoms with E-state index in [0.717, 1.165) is 73.1 Å². The van der Waals surface area contributed by atoms with Gasteiger partial charge in [-0.2, -0.15) is 45.3 Å². The van der Waals surface area contributed by atoms with Gasteiger partial charge in [-0.1, -0.05) is 143 Å². The Morgan fingerprint density at radius 1 is 0.404 bits per heavy atom. The molecule has 21 heteroatoms. The summed E-state index contributed by atoms with van der Waals surface area (Å²) in [5.41, 5.74) is 13.1. The van der Waals surface area contributed by atoms with Crippen molar-refractivity contribution in [1.82, 2.24) is 0 Å². The van der Waals surface area contributed by atoms with Gasteiger partial charge in [0.25, 0.3) is 0 Å². The molecule has 0 N–H and O–H groups in total. The Bertz CT molecular complexity index is 4660. The molecule has 3 aromatic heterocycles. The van der Waals surface area contributed by atoms with Crippen molar-refractivity contribution in [2.75, 3.05) is 39.2 Å². The Kier molecular flexibility index (Phi) is 20.5. The largest absolute Gasteiger partial charge is 0.589 e. The number of rotatable bonds is 5. The molecular weight excluding hydrogens is 1860 g/mol. The van der Waals surface area contributed by atoms with Crippen LogP contribution in [0.2, 0.25) is 0 Å². The van der Waals surface area contributed by atoms with Crippen LogP contribution in [0.3, 0.4) is 0 Å². The zero-order valence-electron chi connectivity index (χ0n) is 45.6. The smallest absolute Gasteiger partial charge is 0.153 e. The van der Waals surface area contributed by atoms with Crippen LogP contribution in [0.1, 0.15) is 0 Å². The van der Waals surface area contributed by atoms with Crippen molar-refractivity contribution in [1.29, 1.82) is 21.0 Å². The fourth-order valence-electron chi connectivity index (χ4n) is 10.2. The molecule has 0 saturated carbocycles. The summed E-state index contributed by atoms with van der Waals surface area (Å²) in [6.07, 6.45) is 11.4. The zero-order valence-corrected chi connectivity index (χ0v) is 56.0.